The van der Waals surface area contributed by atoms with Gasteiger partial charge in [-0.05, 0) is 15.4 Å². The van der Waals surface area contributed by atoms with E-state index < -0.39 is 8.32 Å². The number of nitrogens with zero attached hydrogens (tertiary/aromatic N) is 1. The lowest BCUT2D eigenvalue weighted by atomic mass is 10.2. The number of benzene rings is 2. The highest BCUT2D eigenvalue weighted by Gasteiger charge is 2.49. The molecule has 0 saturated heterocycles. The molecule has 0 amide bonds. The first-order chi connectivity index (χ1) is 12.4. The van der Waals surface area contributed by atoms with Crippen LogP contribution in [0.4, 0.5) is 5.88 Å². The fraction of sp³-hybridized carbons (Fsp3) is 0.286. The lowest BCUT2D eigenvalue weighted by molar-refractivity contribution is 0.297. The van der Waals surface area contributed by atoms with Crippen molar-refractivity contribution < 1.29 is 8.95 Å². The van der Waals surface area contributed by atoms with E-state index in [2.05, 4.69) is 86.6 Å². The minimum absolute atomic E-state index is 0.0292. The van der Waals surface area contributed by atoms with Gasteiger partial charge in [-0.15, -0.1) is 0 Å². The normalized spacial score (nSPS) is 12.3. The summed E-state index contributed by atoms with van der Waals surface area (Å²) in [6.07, 6.45) is 0.672. The van der Waals surface area contributed by atoms with Gasteiger partial charge in [-0.2, -0.15) is 0 Å². The van der Waals surface area contributed by atoms with E-state index in [4.69, 9.17) is 14.7 Å². The molecule has 2 N–H and O–H groups in total. The molecule has 0 bridgehead atoms. The van der Waals surface area contributed by atoms with Crippen LogP contribution in [0.1, 0.15) is 26.5 Å². The Balaban J connectivity index is 1.99. The van der Waals surface area contributed by atoms with Gasteiger partial charge in [0.15, 0.2) is 0 Å². The largest absolute Gasteiger partial charge is 0.407 e. The predicted molar refractivity (Wildman–Crippen MR) is 108 cm³/mol. The third-order valence-corrected chi connectivity index (χ3v) is 9.71. The molecule has 3 aromatic rings. The first-order valence-corrected chi connectivity index (χ1v) is 10.8. The number of hydrogen-bond acceptors (Lipinski definition) is 4. The third kappa shape index (κ3) is 3.59. The fourth-order valence-electron chi connectivity index (χ4n) is 3.52. The summed E-state index contributed by atoms with van der Waals surface area (Å²) >= 11 is 0. The van der Waals surface area contributed by atoms with Crippen molar-refractivity contribution in [3.8, 4) is 0 Å². The predicted octanol–water partition coefficient (Wildman–Crippen LogP) is 3.38. The van der Waals surface area contributed by atoms with Crippen molar-refractivity contribution in [2.45, 2.75) is 32.2 Å². The second-order valence-electron chi connectivity index (χ2n) is 7.48. The zero-order valence-corrected chi connectivity index (χ0v) is 16.6. The van der Waals surface area contributed by atoms with Crippen molar-refractivity contribution in [3.05, 3.63) is 72.4 Å². The topological polar surface area (TPSA) is 61.3 Å². The summed E-state index contributed by atoms with van der Waals surface area (Å²) in [6.45, 7) is 7.38. The van der Waals surface area contributed by atoms with E-state index in [1.807, 2.05) is 0 Å². The molecule has 3 rings (SSSR count). The molecule has 0 aliphatic carbocycles. The molecular weight excluding hydrogens is 340 g/mol. The molecule has 1 heterocycles. The number of anilines is 1. The van der Waals surface area contributed by atoms with E-state index in [0.29, 0.717) is 18.9 Å². The smallest absolute Gasteiger partial charge is 0.261 e. The van der Waals surface area contributed by atoms with Crippen LogP contribution in [0.25, 0.3) is 0 Å². The molecule has 0 fully saturated rings. The minimum atomic E-state index is -2.49. The Morgan fingerprint density at radius 1 is 0.962 bits per heavy atom. The van der Waals surface area contributed by atoms with E-state index in [9.17, 15) is 0 Å². The van der Waals surface area contributed by atoms with Gasteiger partial charge >= 0.3 is 0 Å². The van der Waals surface area contributed by atoms with E-state index >= 15 is 0 Å². The third-order valence-electron chi connectivity index (χ3n) is 4.67. The molecule has 0 aliphatic rings. The van der Waals surface area contributed by atoms with Crippen LogP contribution in [-0.4, -0.2) is 20.1 Å². The second kappa shape index (κ2) is 7.48. The molecule has 5 heteroatoms. The van der Waals surface area contributed by atoms with E-state index in [-0.39, 0.29) is 5.04 Å². The maximum atomic E-state index is 6.80. The number of aromatic nitrogens is 1. The highest BCUT2D eigenvalue weighted by Crippen LogP contribution is 2.36. The molecular formula is C21H26N2O2Si. The van der Waals surface area contributed by atoms with Crippen molar-refractivity contribution in [1.82, 2.24) is 5.16 Å². The summed E-state index contributed by atoms with van der Waals surface area (Å²) in [5.41, 5.74) is 6.45. The van der Waals surface area contributed by atoms with Gasteiger partial charge in [0.05, 0.1) is 5.69 Å². The van der Waals surface area contributed by atoms with Gasteiger partial charge < -0.3 is 14.7 Å². The average Bonchev–Trinajstić information content (AvgIpc) is 3.04. The first kappa shape index (κ1) is 18.4. The molecule has 136 valence electrons. The highest BCUT2D eigenvalue weighted by atomic mass is 28.4. The highest BCUT2D eigenvalue weighted by molar-refractivity contribution is 6.99. The van der Waals surface area contributed by atoms with Gasteiger partial charge in [-0.1, -0.05) is 86.6 Å². The summed E-state index contributed by atoms with van der Waals surface area (Å²) < 4.78 is 11.8. The number of nitrogens with two attached hydrogens (primary N) is 1. The standard InChI is InChI=1S/C21H26N2O2Si/c1-21(2,3)26(18-10-6-4-7-11-18,19-12-8-5-9-13-19)24-15-14-17-16-20(22)25-23-17/h4-13,16H,14-15,22H2,1-3H3. The van der Waals surface area contributed by atoms with Crippen LogP contribution >= 0.6 is 0 Å². The summed E-state index contributed by atoms with van der Waals surface area (Å²) in [5, 5.41) is 6.50. The summed E-state index contributed by atoms with van der Waals surface area (Å²) in [6, 6.07) is 23.0. The van der Waals surface area contributed by atoms with Crippen LogP contribution in [0, 0.1) is 0 Å². The van der Waals surface area contributed by atoms with Crippen molar-refractivity contribution in [3.63, 3.8) is 0 Å². The first-order valence-electron chi connectivity index (χ1n) is 8.89. The molecule has 4 nitrogen and oxygen atoms in total. The van der Waals surface area contributed by atoms with E-state index in [1.54, 1.807) is 6.07 Å². The lowest BCUT2D eigenvalue weighted by Crippen LogP contribution is -2.66. The Labute approximate surface area is 156 Å². The average molecular weight is 367 g/mol. The molecule has 1 aromatic heterocycles. The number of hydrogen-bond donors (Lipinski definition) is 1. The Kier molecular flexibility index (Phi) is 5.30. The Morgan fingerprint density at radius 2 is 1.50 bits per heavy atom. The van der Waals surface area contributed by atoms with E-state index in [0.717, 1.165) is 5.69 Å². The zero-order chi connectivity index (χ0) is 18.6. The molecule has 0 radical (unpaired) electrons. The van der Waals surface area contributed by atoms with Crippen LogP contribution in [0.5, 0.6) is 0 Å². The molecule has 0 aliphatic heterocycles. The van der Waals surface area contributed by atoms with Crippen molar-refractivity contribution >= 4 is 24.6 Å². The lowest BCUT2D eigenvalue weighted by Gasteiger charge is -2.43. The van der Waals surface area contributed by atoms with Crippen molar-refractivity contribution in [2.75, 3.05) is 12.3 Å². The summed E-state index contributed by atoms with van der Waals surface area (Å²) in [7, 11) is -2.49. The van der Waals surface area contributed by atoms with Gasteiger partial charge in [0.1, 0.15) is 0 Å². The monoisotopic (exact) mass is 366 g/mol. The Hall–Kier alpha value is -2.37. The maximum Gasteiger partial charge on any atom is 0.261 e. The zero-order valence-electron chi connectivity index (χ0n) is 15.6. The Bertz CT molecular complexity index is 786. The van der Waals surface area contributed by atoms with Gasteiger partial charge in [-0.25, -0.2) is 0 Å². The SMILES string of the molecule is CC(C)(C)[Si](OCCc1cc(N)on1)(c1ccccc1)c1ccccc1. The molecule has 0 unspecified atom stereocenters. The molecule has 0 spiro atoms. The van der Waals surface area contributed by atoms with Gasteiger partial charge in [-0.3, -0.25) is 0 Å². The second-order valence-corrected chi connectivity index (χ2v) is 11.8. The van der Waals surface area contributed by atoms with Crippen LogP contribution in [0.15, 0.2) is 71.3 Å². The minimum Gasteiger partial charge on any atom is -0.407 e. The molecule has 26 heavy (non-hydrogen) atoms. The van der Waals surface area contributed by atoms with Gasteiger partial charge in [0, 0.05) is 19.1 Å². The van der Waals surface area contributed by atoms with Crippen LogP contribution in [0.2, 0.25) is 5.04 Å². The molecule has 2 aromatic carbocycles. The molecule has 0 atom stereocenters. The summed E-state index contributed by atoms with van der Waals surface area (Å²) in [5.74, 6) is 0.338. The van der Waals surface area contributed by atoms with Crippen molar-refractivity contribution in [1.29, 1.82) is 0 Å². The van der Waals surface area contributed by atoms with Crippen LogP contribution < -0.4 is 16.1 Å². The van der Waals surface area contributed by atoms with E-state index in [1.165, 1.54) is 10.4 Å². The maximum absolute atomic E-state index is 6.80. The van der Waals surface area contributed by atoms with Crippen LogP contribution in [0.3, 0.4) is 0 Å². The van der Waals surface area contributed by atoms with Gasteiger partial charge in [0.25, 0.3) is 8.32 Å². The molecule has 0 saturated carbocycles. The number of nitrogen functional groups attached to an aromatic ring is 1. The number of rotatable bonds is 6. The fourth-order valence-corrected chi connectivity index (χ4v) is 8.08. The van der Waals surface area contributed by atoms with Crippen LogP contribution in [-0.2, 0) is 10.8 Å². The summed E-state index contributed by atoms with van der Waals surface area (Å²) in [4.78, 5) is 0. The van der Waals surface area contributed by atoms with Gasteiger partial charge in [0.2, 0.25) is 5.88 Å². The Morgan fingerprint density at radius 3 is 1.92 bits per heavy atom. The quantitative estimate of drug-likeness (QED) is 0.680. The van der Waals surface area contributed by atoms with Crippen molar-refractivity contribution in [2.24, 2.45) is 0 Å².